The first-order valence-corrected chi connectivity index (χ1v) is 2.18. The largest absolute Gasteiger partial charge is 0.616 e. The van der Waals surface area contributed by atoms with Crippen LogP contribution in [0.25, 0.3) is 0 Å². The van der Waals surface area contributed by atoms with E-state index in [1.165, 1.54) is 12.3 Å². The summed E-state index contributed by atoms with van der Waals surface area (Å²) >= 11 is 0. The van der Waals surface area contributed by atoms with E-state index >= 15 is 0 Å². The molecule has 0 atom stereocenters. The third-order valence-electron chi connectivity index (χ3n) is 0.804. The van der Waals surface area contributed by atoms with Crippen molar-refractivity contribution in [1.82, 2.24) is 0 Å². The molecule has 9 heavy (non-hydrogen) atoms. The van der Waals surface area contributed by atoms with Gasteiger partial charge in [-0.2, -0.15) is 0 Å². The molecular formula is C5H5NNaO2. The zero-order chi connectivity index (χ0) is 5.98. The van der Waals surface area contributed by atoms with Crippen LogP contribution in [0.3, 0.4) is 0 Å². The molecule has 4 heteroatoms. The van der Waals surface area contributed by atoms with Crippen molar-refractivity contribution in [2.24, 2.45) is 0 Å². The van der Waals surface area contributed by atoms with E-state index in [2.05, 4.69) is 0 Å². The van der Waals surface area contributed by atoms with E-state index in [-0.39, 0.29) is 35.4 Å². The van der Waals surface area contributed by atoms with Gasteiger partial charge in [-0.3, -0.25) is 0 Å². The van der Waals surface area contributed by atoms with Gasteiger partial charge in [0.1, 0.15) is 0 Å². The summed E-state index contributed by atoms with van der Waals surface area (Å²) in [6.07, 6.45) is 1.23. The minimum absolute atomic E-state index is 0. The van der Waals surface area contributed by atoms with Gasteiger partial charge in [-0.05, 0) is 6.07 Å². The van der Waals surface area contributed by atoms with Crippen molar-refractivity contribution in [2.45, 2.75) is 0 Å². The Bertz CT molecular complexity index is 171. The smallest absolute Gasteiger partial charge is 0.376 e. The summed E-state index contributed by atoms with van der Waals surface area (Å²) in [7, 11) is 0. The monoisotopic (exact) mass is 134 g/mol. The SMILES string of the molecule is [Na].[O-][n+]1ccccc1O. The average Bonchev–Trinajstić information content (AvgIpc) is 1.77. The Hall–Kier alpha value is -0.250. The third kappa shape index (κ3) is 2.22. The minimum atomic E-state index is -0.271. The summed E-state index contributed by atoms with van der Waals surface area (Å²) in [5, 5.41) is 18.9. The van der Waals surface area contributed by atoms with Crippen LogP contribution in [-0.2, 0) is 0 Å². The Kier molecular flexibility index (Phi) is 3.61. The van der Waals surface area contributed by atoms with Gasteiger partial charge in [0, 0.05) is 35.6 Å². The molecule has 0 aliphatic heterocycles. The Morgan fingerprint density at radius 2 is 2.11 bits per heavy atom. The number of rotatable bonds is 0. The Morgan fingerprint density at radius 1 is 1.44 bits per heavy atom. The number of nitrogens with zero attached hydrogens (tertiary/aromatic N) is 1. The van der Waals surface area contributed by atoms with Crippen molar-refractivity contribution in [3.8, 4) is 5.88 Å². The van der Waals surface area contributed by atoms with Gasteiger partial charge in [0.05, 0.1) is 6.07 Å². The molecule has 0 bridgehead atoms. The van der Waals surface area contributed by atoms with Gasteiger partial charge < -0.3 is 10.3 Å². The van der Waals surface area contributed by atoms with E-state index in [0.717, 1.165) is 0 Å². The van der Waals surface area contributed by atoms with Crippen LogP contribution >= 0.6 is 0 Å². The van der Waals surface area contributed by atoms with Crippen LogP contribution < -0.4 is 4.73 Å². The van der Waals surface area contributed by atoms with Crippen LogP contribution in [0.15, 0.2) is 24.4 Å². The second-order valence-corrected chi connectivity index (χ2v) is 1.38. The van der Waals surface area contributed by atoms with Gasteiger partial charge in [0.2, 0.25) is 0 Å². The molecule has 0 unspecified atom stereocenters. The third-order valence-corrected chi connectivity index (χ3v) is 0.804. The van der Waals surface area contributed by atoms with Crippen molar-refractivity contribution in [3.63, 3.8) is 0 Å². The van der Waals surface area contributed by atoms with Gasteiger partial charge in [-0.15, -0.1) is 4.73 Å². The molecule has 0 aliphatic carbocycles. The van der Waals surface area contributed by atoms with Crippen molar-refractivity contribution < 1.29 is 9.84 Å². The molecular weight excluding hydrogens is 129 g/mol. The first kappa shape index (κ1) is 8.75. The summed E-state index contributed by atoms with van der Waals surface area (Å²) in [6, 6.07) is 4.46. The van der Waals surface area contributed by atoms with Crippen LogP contribution in [0.4, 0.5) is 0 Å². The minimum Gasteiger partial charge on any atom is -0.616 e. The molecule has 1 aromatic rings. The van der Waals surface area contributed by atoms with E-state index in [0.29, 0.717) is 4.73 Å². The van der Waals surface area contributed by atoms with Crippen molar-refractivity contribution >= 4 is 29.6 Å². The maximum Gasteiger partial charge on any atom is 0.376 e. The molecule has 1 aromatic heterocycles. The average molecular weight is 134 g/mol. The van der Waals surface area contributed by atoms with Crippen LogP contribution in [0.2, 0.25) is 0 Å². The maximum atomic E-state index is 10.3. The first-order valence-electron chi connectivity index (χ1n) is 2.18. The van der Waals surface area contributed by atoms with E-state index in [1.807, 2.05) is 0 Å². The molecule has 1 rings (SSSR count). The fourth-order valence-corrected chi connectivity index (χ4v) is 0.419. The first-order chi connectivity index (χ1) is 3.80. The molecule has 1 heterocycles. The number of hydrogen-bond donors (Lipinski definition) is 1. The van der Waals surface area contributed by atoms with Gasteiger partial charge in [-0.1, -0.05) is 0 Å². The summed E-state index contributed by atoms with van der Waals surface area (Å²) in [6.45, 7) is 0. The quantitative estimate of drug-likeness (QED) is 0.299. The Morgan fingerprint density at radius 3 is 2.44 bits per heavy atom. The molecule has 0 amide bonds. The topological polar surface area (TPSA) is 47.2 Å². The molecule has 43 valence electrons. The van der Waals surface area contributed by atoms with E-state index < -0.39 is 0 Å². The van der Waals surface area contributed by atoms with Gasteiger partial charge in [0.15, 0.2) is 6.20 Å². The summed E-state index contributed by atoms with van der Waals surface area (Å²) in [5.41, 5.74) is 0. The van der Waals surface area contributed by atoms with Gasteiger partial charge in [-0.25, -0.2) is 0 Å². The van der Waals surface area contributed by atoms with E-state index in [1.54, 1.807) is 12.1 Å². The summed E-state index contributed by atoms with van der Waals surface area (Å²) in [4.78, 5) is 0. The van der Waals surface area contributed by atoms with Crippen molar-refractivity contribution in [3.05, 3.63) is 29.6 Å². The zero-order valence-electron chi connectivity index (χ0n) is 5.11. The predicted octanol–water partition coefficient (Wildman–Crippen LogP) is -0.355. The van der Waals surface area contributed by atoms with Crippen LogP contribution in [0, 0.1) is 5.21 Å². The summed E-state index contributed by atoms with van der Waals surface area (Å²) < 4.78 is 0.389. The second-order valence-electron chi connectivity index (χ2n) is 1.38. The summed E-state index contributed by atoms with van der Waals surface area (Å²) in [5.74, 6) is -0.271. The van der Waals surface area contributed by atoms with E-state index in [9.17, 15) is 5.21 Å². The number of aromatic hydroxyl groups is 1. The standard InChI is InChI=1S/C5H5NO2.Na/c7-5-3-1-2-4-6(5)8;/h1-4,7H;. The molecule has 3 nitrogen and oxygen atoms in total. The number of pyridine rings is 1. The fraction of sp³-hybridized carbons (Fsp3) is 0. The van der Waals surface area contributed by atoms with E-state index in [4.69, 9.17) is 5.11 Å². The predicted molar refractivity (Wildman–Crippen MR) is 32.8 cm³/mol. The van der Waals surface area contributed by atoms with Crippen molar-refractivity contribution in [1.29, 1.82) is 0 Å². The molecule has 1 N–H and O–H groups in total. The van der Waals surface area contributed by atoms with Gasteiger partial charge >= 0.3 is 5.88 Å². The second kappa shape index (κ2) is 3.71. The Balaban J connectivity index is 0.000000640. The zero-order valence-corrected chi connectivity index (χ0v) is 7.11. The van der Waals surface area contributed by atoms with Crippen molar-refractivity contribution in [2.75, 3.05) is 0 Å². The molecule has 0 spiro atoms. The van der Waals surface area contributed by atoms with Gasteiger partial charge in [0.25, 0.3) is 0 Å². The molecule has 0 saturated carbocycles. The normalized spacial score (nSPS) is 8.00. The molecule has 0 fully saturated rings. The fourth-order valence-electron chi connectivity index (χ4n) is 0.419. The number of aromatic nitrogens is 1. The Labute approximate surface area is 74.8 Å². The molecule has 0 saturated heterocycles. The number of hydrogen-bond acceptors (Lipinski definition) is 2. The molecule has 1 radical (unpaired) electrons. The van der Waals surface area contributed by atoms with Crippen LogP contribution in [-0.4, -0.2) is 34.7 Å². The maximum absolute atomic E-state index is 10.3. The van der Waals surface area contributed by atoms with Crippen LogP contribution in [0.5, 0.6) is 5.88 Å². The van der Waals surface area contributed by atoms with Crippen LogP contribution in [0.1, 0.15) is 0 Å². The molecule has 0 aromatic carbocycles. The molecule has 0 aliphatic rings.